The van der Waals surface area contributed by atoms with Gasteiger partial charge in [-0.25, -0.2) is 0 Å². The van der Waals surface area contributed by atoms with Crippen LogP contribution in [-0.4, -0.2) is 50.0 Å². The Morgan fingerprint density at radius 1 is 1.04 bits per heavy atom. The molecule has 0 fully saturated rings. The second-order valence-electron chi connectivity index (χ2n) is 6.61. The van der Waals surface area contributed by atoms with Crippen molar-refractivity contribution in [1.29, 1.82) is 0 Å². The molecule has 0 unspecified atom stereocenters. The molecule has 2 aromatic rings. The highest BCUT2D eigenvalue weighted by Gasteiger charge is 2.18. The van der Waals surface area contributed by atoms with Gasteiger partial charge in [-0.05, 0) is 35.2 Å². The van der Waals surface area contributed by atoms with Crippen molar-refractivity contribution >= 4 is 0 Å². The topological polar surface area (TPSA) is 51.2 Å². The number of methoxy groups -OCH3 is 2. The number of aliphatic hydroxyl groups excluding tert-OH is 1. The zero-order valence-electron chi connectivity index (χ0n) is 15.5. The highest BCUT2D eigenvalue weighted by Crippen LogP contribution is 2.27. The summed E-state index contributed by atoms with van der Waals surface area (Å²) in [6, 6.07) is 14.2. The van der Waals surface area contributed by atoms with Crippen molar-refractivity contribution in [1.82, 2.24) is 4.90 Å². The van der Waals surface area contributed by atoms with Crippen LogP contribution in [0.4, 0.5) is 0 Å². The van der Waals surface area contributed by atoms with E-state index in [2.05, 4.69) is 29.2 Å². The van der Waals surface area contributed by atoms with E-state index >= 15 is 0 Å². The summed E-state index contributed by atoms with van der Waals surface area (Å²) in [5, 5.41) is 10.3. The van der Waals surface area contributed by atoms with E-state index in [0.29, 0.717) is 31.3 Å². The van der Waals surface area contributed by atoms with Gasteiger partial charge in [0.2, 0.25) is 0 Å². The third-order valence-corrected chi connectivity index (χ3v) is 4.71. The molecule has 0 bridgehead atoms. The monoisotopic (exact) mass is 357 g/mol. The molecular weight excluding hydrogens is 330 g/mol. The Hall–Kier alpha value is -2.08. The number of benzene rings is 2. The summed E-state index contributed by atoms with van der Waals surface area (Å²) >= 11 is 0. The Kier molecular flexibility index (Phi) is 6.50. The van der Waals surface area contributed by atoms with Crippen LogP contribution >= 0.6 is 0 Å². The van der Waals surface area contributed by atoms with E-state index in [1.54, 1.807) is 14.2 Å². The molecule has 0 spiro atoms. The number of rotatable bonds is 8. The molecule has 1 N–H and O–H groups in total. The molecule has 0 aromatic heterocycles. The molecule has 1 aliphatic heterocycles. The van der Waals surface area contributed by atoms with E-state index in [-0.39, 0.29) is 0 Å². The Morgan fingerprint density at radius 2 is 1.81 bits per heavy atom. The maximum absolute atomic E-state index is 10.3. The van der Waals surface area contributed by atoms with Crippen molar-refractivity contribution < 1.29 is 19.3 Å². The molecule has 26 heavy (non-hydrogen) atoms. The molecule has 2 aromatic carbocycles. The van der Waals surface area contributed by atoms with Gasteiger partial charge < -0.3 is 19.3 Å². The molecule has 0 saturated carbocycles. The molecule has 5 nitrogen and oxygen atoms in total. The number of fused-ring (bicyclic) bond motifs is 1. The van der Waals surface area contributed by atoms with Crippen LogP contribution in [0.15, 0.2) is 42.5 Å². The number of hydrogen-bond acceptors (Lipinski definition) is 5. The first-order valence-corrected chi connectivity index (χ1v) is 8.95. The third kappa shape index (κ3) is 4.75. The van der Waals surface area contributed by atoms with Gasteiger partial charge in [0.05, 0.1) is 33.5 Å². The van der Waals surface area contributed by atoms with Gasteiger partial charge >= 0.3 is 0 Å². The normalized spacial score (nSPS) is 15.3. The molecule has 1 heterocycles. The summed E-state index contributed by atoms with van der Waals surface area (Å²) in [4.78, 5) is 2.28. The van der Waals surface area contributed by atoms with Crippen molar-refractivity contribution in [2.45, 2.75) is 25.7 Å². The van der Waals surface area contributed by atoms with Crippen molar-refractivity contribution in [3.8, 4) is 11.5 Å². The zero-order chi connectivity index (χ0) is 18.4. The average molecular weight is 357 g/mol. The fourth-order valence-electron chi connectivity index (χ4n) is 3.34. The van der Waals surface area contributed by atoms with Gasteiger partial charge in [0.1, 0.15) is 0 Å². The van der Waals surface area contributed by atoms with Crippen molar-refractivity contribution in [2.24, 2.45) is 0 Å². The number of aliphatic hydroxyl groups is 1. The summed E-state index contributed by atoms with van der Waals surface area (Å²) in [5.41, 5.74) is 3.77. The average Bonchev–Trinajstić information content (AvgIpc) is 2.67. The number of ether oxygens (including phenoxy) is 3. The van der Waals surface area contributed by atoms with Crippen LogP contribution in [0.1, 0.15) is 16.7 Å². The van der Waals surface area contributed by atoms with E-state index in [9.17, 15) is 5.11 Å². The van der Waals surface area contributed by atoms with Crippen molar-refractivity contribution in [3.05, 3.63) is 59.2 Å². The standard InChI is InChI=1S/C21H27NO4/c1-24-20-8-7-16(11-21(20)25-2)14-26-15-19(23)13-22-10-9-17-5-3-4-6-18(17)12-22/h3-8,11,19,23H,9-10,12-15H2,1-2H3/t19-/m1/s1. The smallest absolute Gasteiger partial charge is 0.161 e. The van der Waals surface area contributed by atoms with Crippen LogP contribution in [0, 0.1) is 0 Å². The van der Waals surface area contributed by atoms with Gasteiger partial charge in [0.15, 0.2) is 11.5 Å². The molecule has 140 valence electrons. The summed E-state index contributed by atoms with van der Waals surface area (Å²) in [6.07, 6.45) is 0.537. The first kappa shape index (κ1) is 18.7. The summed E-state index contributed by atoms with van der Waals surface area (Å²) in [5.74, 6) is 1.38. The second-order valence-corrected chi connectivity index (χ2v) is 6.61. The first-order chi connectivity index (χ1) is 12.7. The minimum Gasteiger partial charge on any atom is -0.493 e. The minimum atomic E-state index is -0.500. The maximum Gasteiger partial charge on any atom is 0.161 e. The second kappa shape index (κ2) is 9.03. The lowest BCUT2D eigenvalue weighted by molar-refractivity contribution is 0.00770. The lowest BCUT2D eigenvalue weighted by atomic mass is 10.00. The van der Waals surface area contributed by atoms with E-state index in [1.807, 2.05) is 18.2 Å². The molecule has 5 heteroatoms. The highest BCUT2D eigenvalue weighted by molar-refractivity contribution is 5.42. The van der Waals surface area contributed by atoms with Crippen molar-refractivity contribution in [2.75, 3.05) is 33.9 Å². The summed E-state index contributed by atoms with van der Waals surface area (Å²) in [6.45, 7) is 3.24. The van der Waals surface area contributed by atoms with E-state index in [0.717, 1.165) is 25.1 Å². The minimum absolute atomic E-state index is 0.312. The molecule has 0 amide bonds. The Labute approximate surface area is 155 Å². The molecule has 0 aliphatic carbocycles. The number of nitrogens with zero attached hydrogens (tertiary/aromatic N) is 1. The van der Waals surface area contributed by atoms with Gasteiger partial charge in [0.25, 0.3) is 0 Å². The Morgan fingerprint density at radius 3 is 2.58 bits per heavy atom. The van der Waals surface area contributed by atoms with E-state index in [1.165, 1.54) is 11.1 Å². The Bertz CT molecular complexity index is 719. The van der Waals surface area contributed by atoms with Gasteiger partial charge in [-0.1, -0.05) is 30.3 Å². The van der Waals surface area contributed by atoms with Gasteiger partial charge in [-0.3, -0.25) is 4.90 Å². The molecule has 1 aliphatic rings. The van der Waals surface area contributed by atoms with E-state index in [4.69, 9.17) is 14.2 Å². The summed E-state index contributed by atoms with van der Waals surface area (Å²) < 4.78 is 16.2. The Balaban J connectivity index is 1.44. The summed E-state index contributed by atoms with van der Waals surface area (Å²) in [7, 11) is 3.23. The fraction of sp³-hybridized carbons (Fsp3) is 0.429. The molecule has 0 saturated heterocycles. The predicted octanol–water partition coefficient (Wildman–Crippen LogP) is 2.64. The van der Waals surface area contributed by atoms with Crippen LogP contribution in [0.3, 0.4) is 0 Å². The molecular formula is C21H27NO4. The lowest BCUT2D eigenvalue weighted by Crippen LogP contribution is -2.38. The van der Waals surface area contributed by atoms with Crippen LogP contribution in [0.2, 0.25) is 0 Å². The van der Waals surface area contributed by atoms with Gasteiger partial charge in [-0.2, -0.15) is 0 Å². The quantitative estimate of drug-likeness (QED) is 0.787. The predicted molar refractivity (Wildman–Crippen MR) is 101 cm³/mol. The molecule has 0 radical (unpaired) electrons. The van der Waals surface area contributed by atoms with Gasteiger partial charge in [0, 0.05) is 19.6 Å². The number of hydrogen-bond donors (Lipinski definition) is 1. The number of β-amino-alcohol motifs (C(OH)–C–C–N with tert-alkyl or cyclic N) is 1. The van der Waals surface area contributed by atoms with Crippen LogP contribution in [-0.2, 0) is 24.3 Å². The van der Waals surface area contributed by atoms with Gasteiger partial charge in [-0.15, -0.1) is 0 Å². The maximum atomic E-state index is 10.3. The zero-order valence-corrected chi connectivity index (χ0v) is 15.5. The fourth-order valence-corrected chi connectivity index (χ4v) is 3.34. The van der Waals surface area contributed by atoms with Crippen LogP contribution < -0.4 is 9.47 Å². The molecule has 1 atom stereocenters. The van der Waals surface area contributed by atoms with Crippen LogP contribution in [0.25, 0.3) is 0 Å². The SMILES string of the molecule is COc1ccc(COC[C@H](O)CN2CCc3ccccc3C2)cc1OC. The largest absolute Gasteiger partial charge is 0.493 e. The lowest BCUT2D eigenvalue weighted by Gasteiger charge is -2.30. The molecule has 3 rings (SSSR count). The van der Waals surface area contributed by atoms with Crippen molar-refractivity contribution in [3.63, 3.8) is 0 Å². The highest BCUT2D eigenvalue weighted by atomic mass is 16.5. The van der Waals surface area contributed by atoms with Crippen LogP contribution in [0.5, 0.6) is 11.5 Å². The first-order valence-electron chi connectivity index (χ1n) is 8.95. The third-order valence-electron chi connectivity index (χ3n) is 4.71. The van der Waals surface area contributed by atoms with E-state index < -0.39 is 6.10 Å².